The summed E-state index contributed by atoms with van der Waals surface area (Å²) < 4.78 is 10.8. The van der Waals surface area contributed by atoms with Crippen molar-refractivity contribution in [2.75, 3.05) is 14.2 Å². The normalized spacial score (nSPS) is 12.3. The molecule has 37 heavy (non-hydrogen) atoms. The molecule has 0 aliphatic rings. The predicted molar refractivity (Wildman–Crippen MR) is 147 cm³/mol. The van der Waals surface area contributed by atoms with Gasteiger partial charge in [-0.1, -0.05) is 73.7 Å². The van der Waals surface area contributed by atoms with Crippen molar-refractivity contribution in [3.8, 4) is 11.5 Å². The minimum Gasteiger partial charge on any atom is -0.493 e. The fourth-order valence-corrected chi connectivity index (χ4v) is 4.21. The molecule has 3 rings (SSSR count). The molecular weight excluding hydrogens is 464 g/mol. The molecule has 2 amide bonds. The molecule has 0 heterocycles. The highest BCUT2D eigenvalue weighted by Gasteiger charge is 2.30. The monoisotopic (exact) mass is 502 g/mol. The van der Waals surface area contributed by atoms with Crippen LogP contribution in [0.5, 0.6) is 11.5 Å². The van der Waals surface area contributed by atoms with E-state index >= 15 is 0 Å². The van der Waals surface area contributed by atoms with Gasteiger partial charge in [-0.2, -0.15) is 0 Å². The van der Waals surface area contributed by atoms with E-state index in [-0.39, 0.29) is 24.3 Å². The van der Waals surface area contributed by atoms with Crippen LogP contribution in [0.2, 0.25) is 0 Å². The molecule has 196 valence electrons. The predicted octanol–water partition coefficient (Wildman–Crippen LogP) is 5.19. The number of nitrogens with zero attached hydrogens (tertiary/aromatic N) is 1. The van der Waals surface area contributed by atoms with E-state index in [4.69, 9.17) is 9.47 Å². The molecule has 0 aliphatic heterocycles. The highest BCUT2D eigenvalue weighted by molar-refractivity contribution is 5.88. The maximum Gasteiger partial charge on any atom is 0.243 e. The highest BCUT2D eigenvalue weighted by atomic mass is 16.5. The van der Waals surface area contributed by atoms with E-state index in [0.29, 0.717) is 30.9 Å². The zero-order chi connectivity index (χ0) is 26.6. The average molecular weight is 503 g/mol. The van der Waals surface area contributed by atoms with Crippen LogP contribution in [0.15, 0.2) is 78.9 Å². The first kappa shape index (κ1) is 27.8. The van der Waals surface area contributed by atoms with Gasteiger partial charge in [0, 0.05) is 25.4 Å². The van der Waals surface area contributed by atoms with Crippen molar-refractivity contribution in [1.82, 2.24) is 10.2 Å². The minimum absolute atomic E-state index is 0.0196. The number of hydrogen-bond donors (Lipinski definition) is 1. The summed E-state index contributed by atoms with van der Waals surface area (Å²) in [6, 6.07) is 24.8. The van der Waals surface area contributed by atoms with Crippen LogP contribution in [-0.4, -0.2) is 43.0 Å². The Morgan fingerprint density at radius 1 is 0.838 bits per heavy atom. The lowest BCUT2D eigenvalue weighted by Crippen LogP contribution is -2.52. The maximum atomic E-state index is 13.8. The van der Waals surface area contributed by atoms with Crippen molar-refractivity contribution in [3.63, 3.8) is 0 Å². The quantitative estimate of drug-likeness (QED) is 0.349. The Balaban J connectivity index is 1.89. The lowest BCUT2D eigenvalue weighted by molar-refractivity contribution is -0.141. The average Bonchev–Trinajstić information content (AvgIpc) is 2.94. The fourth-order valence-electron chi connectivity index (χ4n) is 4.21. The molecule has 3 aromatic rings. The Labute approximate surface area is 220 Å². The number of carbonyl (C=O) groups is 2. The van der Waals surface area contributed by atoms with E-state index in [1.807, 2.05) is 92.7 Å². The van der Waals surface area contributed by atoms with Crippen molar-refractivity contribution in [1.29, 1.82) is 0 Å². The minimum atomic E-state index is -0.630. The van der Waals surface area contributed by atoms with E-state index in [0.717, 1.165) is 23.1 Å². The molecule has 0 saturated heterocycles. The zero-order valence-electron chi connectivity index (χ0n) is 22.3. The second-order valence-electron chi connectivity index (χ2n) is 9.22. The first-order valence-corrected chi connectivity index (χ1v) is 12.8. The summed E-state index contributed by atoms with van der Waals surface area (Å²) in [5, 5.41) is 3.11. The Kier molecular flexibility index (Phi) is 10.6. The summed E-state index contributed by atoms with van der Waals surface area (Å²) in [5.41, 5.74) is 2.96. The van der Waals surface area contributed by atoms with E-state index in [1.54, 1.807) is 19.1 Å². The van der Waals surface area contributed by atoms with Gasteiger partial charge in [-0.05, 0) is 48.6 Å². The van der Waals surface area contributed by atoms with Crippen molar-refractivity contribution in [2.45, 2.75) is 58.2 Å². The zero-order valence-corrected chi connectivity index (χ0v) is 22.3. The van der Waals surface area contributed by atoms with Crippen LogP contribution in [0.3, 0.4) is 0 Å². The summed E-state index contributed by atoms with van der Waals surface area (Å²) in [6.07, 6.45) is 2.05. The summed E-state index contributed by atoms with van der Waals surface area (Å²) in [5.74, 6) is 1.07. The smallest absolute Gasteiger partial charge is 0.243 e. The van der Waals surface area contributed by atoms with Gasteiger partial charge in [0.15, 0.2) is 11.5 Å². The Morgan fingerprint density at radius 3 is 2.05 bits per heavy atom. The van der Waals surface area contributed by atoms with Gasteiger partial charge in [-0.3, -0.25) is 9.59 Å². The van der Waals surface area contributed by atoms with Gasteiger partial charge in [-0.15, -0.1) is 0 Å². The van der Waals surface area contributed by atoms with E-state index < -0.39 is 6.04 Å². The van der Waals surface area contributed by atoms with Crippen LogP contribution in [0, 0.1) is 0 Å². The van der Waals surface area contributed by atoms with Gasteiger partial charge < -0.3 is 19.7 Å². The maximum absolute atomic E-state index is 13.8. The number of carbonyl (C=O) groups excluding carboxylic acids is 2. The van der Waals surface area contributed by atoms with Crippen LogP contribution >= 0.6 is 0 Å². The molecular formula is C31H38N2O4. The first-order valence-electron chi connectivity index (χ1n) is 12.8. The summed E-state index contributed by atoms with van der Waals surface area (Å²) in [6.45, 7) is 4.38. The summed E-state index contributed by atoms with van der Waals surface area (Å²) in [7, 11) is 3.19. The third-order valence-corrected chi connectivity index (χ3v) is 6.54. The van der Waals surface area contributed by atoms with Crippen LogP contribution in [0.25, 0.3) is 0 Å². The van der Waals surface area contributed by atoms with Crippen LogP contribution in [0.4, 0.5) is 0 Å². The number of hydrogen-bond acceptors (Lipinski definition) is 4. The number of amides is 2. The van der Waals surface area contributed by atoms with Gasteiger partial charge in [0.05, 0.1) is 14.2 Å². The lowest BCUT2D eigenvalue weighted by Gasteiger charge is -2.32. The van der Waals surface area contributed by atoms with Gasteiger partial charge in [0.25, 0.3) is 0 Å². The second-order valence-corrected chi connectivity index (χ2v) is 9.22. The molecule has 6 nitrogen and oxygen atoms in total. The molecule has 0 saturated carbocycles. The third kappa shape index (κ3) is 8.10. The first-order chi connectivity index (χ1) is 17.9. The van der Waals surface area contributed by atoms with Gasteiger partial charge in [0.2, 0.25) is 11.8 Å². The van der Waals surface area contributed by atoms with Crippen LogP contribution in [0.1, 0.15) is 43.4 Å². The van der Waals surface area contributed by atoms with Crippen molar-refractivity contribution in [2.24, 2.45) is 0 Å². The van der Waals surface area contributed by atoms with E-state index in [1.165, 1.54) is 0 Å². The summed E-state index contributed by atoms with van der Waals surface area (Å²) in [4.78, 5) is 29.1. The molecule has 0 radical (unpaired) electrons. The SMILES string of the molecule is CC[C@@H](C)NC(=O)[C@@H](Cc1ccccc1)N(Cc1ccccc1)C(=O)CCc1ccc(OC)c(OC)c1. The number of methoxy groups -OCH3 is 2. The number of aryl methyl sites for hydroxylation is 1. The van der Waals surface area contributed by atoms with Gasteiger partial charge in [-0.25, -0.2) is 0 Å². The topological polar surface area (TPSA) is 67.9 Å². The fraction of sp³-hybridized carbons (Fsp3) is 0.355. The third-order valence-electron chi connectivity index (χ3n) is 6.54. The van der Waals surface area contributed by atoms with Crippen molar-refractivity contribution >= 4 is 11.8 Å². The van der Waals surface area contributed by atoms with E-state index in [2.05, 4.69) is 5.32 Å². The van der Waals surface area contributed by atoms with Gasteiger partial charge in [0.1, 0.15) is 6.04 Å². The molecule has 0 aliphatic carbocycles. The molecule has 2 atom stereocenters. The highest BCUT2D eigenvalue weighted by Crippen LogP contribution is 2.28. The summed E-state index contributed by atoms with van der Waals surface area (Å²) >= 11 is 0. The van der Waals surface area contributed by atoms with Crippen LogP contribution < -0.4 is 14.8 Å². The molecule has 0 aromatic heterocycles. The molecule has 3 aromatic carbocycles. The van der Waals surface area contributed by atoms with E-state index in [9.17, 15) is 9.59 Å². The standard InChI is InChI=1S/C31H38N2O4/c1-5-23(2)32-31(35)27(20-24-12-8-6-9-13-24)33(22-26-14-10-7-11-15-26)30(34)19-17-25-16-18-28(36-3)29(21-25)37-4/h6-16,18,21,23,27H,5,17,19-20,22H2,1-4H3,(H,32,35)/t23-,27-/m1/s1. The van der Waals surface area contributed by atoms with Crippen molar-refractivity contribution in [3.05, 3.63) is 95.6 Å². The van der Waals surface area contributed by atoms with Crippen molar-refractivity contribution < 1.29 is 19.1 Å². The lowest BCUT2D eigenvalue weighted by atomic mass is 10.0. The Bertz CT molecular complexity index is 1130. The molecule has 0 bridgehead atoms. The number of rotatable bonds is 13. The number of benzene rings is 3. The molecule has 0 fully saturated rings. The molecule has 0 spiro atoms. The Morgan fingerprint density at radius 2 is 1.46 bits per heavy atom. The molecule has 0 unspecified atom stereocenters. The largest absolute Gasteiger partial charge is 0.493 e. The van der Waals surface area contributed by atoms with Crippen LogP contribution in [-0.2, 0) is 29.0 Å². The molecule has 1 N–H and O–H groups in total. The van der Waals surface area contributed by atoms with Gasteiger partial charge >= 0.3 is 0 Å². The molecule has 6 heteroatoms. The number of nitrogens with one attached hydrogen (secondary N) is 1. The second kappa shape index (κ2) is 14.1. The Hall–Kier alpha value is -3.80. The number of ether oxygens (including phenoxy) is 2.